The Bertz CT molecular complexity index is 458. The smallest absolute Gasteiger partial charge is 0.151 e. The first-order chi connectivity index (χ1) is 7.75. The number of nitrogens with one attached hydrogen (secondary N) is 2. The standard InChI is InChI=1S/C11H14N4S/c12-11(13)16-7-3-6-10-14-8-4-1-2-5-9(8)15-10/h1-2,4-5H,3,6-7H2,(H3,12,13)(H,14,15). The van der Waals surface area contributed by atoms with E-state index in [1.165, 1.54) is 11.8 Å². The van der Waals surface area contributed by atoms with Crippen LogP contribution >= 0.6 is 11.8 Å². The first-order valence-electron chi connectivity index (χ1n) is 5.16. The van der Waals surface area contributed by atoms with Crippen molar-refractivity contribution in [2.75, 3.05) is 5.75 Å². The minimum Gasteiger partial charge on any atom is -0.379 e. The number of benzene rings is 1. The highest BCUT2D eigenvalue weighted by atomic mass is 32.2. The number of hydrogen-bond acceptors (Lipinski definition) is 3. The molecule has 1 aromatic carbocycles. The van der Waals surface area contributed by atoms with Gasteiger partial charge in [0.25, 0.3) is 0 Å². The van der Waals surface area contributed by atoms with Crippen LogP contribution in [0.4, 0.5) is 0 Å². The lowest BCUT2D eigenvalue weighted by molar-refractivity contribution is 0.871. The van der Waals surface area contributed by atoms with Crippen molar-refractivity contribution in [2.45, 2.75) is 12.8 Å². The van der Waals surface area contributed by atoms with Crippen molar-refractivity contribution in [3.63, 3.8) is 0 Å². The number of fused-ring (bicyclic) bond motifs is 1. The van der Waals surface area contributed by atoms with Crippen molar-refractivity contribution in [3.8, 4) is 0 Å². The molecule has 0 saturated heterocycles. The van der Waals surface area contributed by atoms with Crippen LogP contribution in [0.2, 0.25) is 0 Å². The number of aryl methyl sites for hydroxylation is 1. The molecule has 1 heterocycles. The van der Waals surface area contributed by atoms with Gasteiger partial charge in [0, 0.05) is 12.2 Å². The molecule has 0 spiro atoms. The summed E-state index contributed by atoms with van der Waals surface area (Å²) < 4.78 is 0. The number of nitrogens with two attached hydrogens (primary N) is 1. The second-order valence-electron chi connectivity index (χ2n) is 3.52. The molecule has 0 radical (unpaired) electrons. The maximum absolute atomic E-state index is 7.08. The first-order valence-corrected chi connectivity index (χ1v) is 6.15. The van der Waals surface area contributed by atoms with E-state index in [1.54, 1.807) is 0 Å². The van der Waals surface area contributed by atoms with Crippen molar-refractivity contribution in [1.82, 2.24) is 9.97 Å². The third kappa shape index (κ3) is 2.76. The molecular formula is C11H14N4S. The number of H-pyrrole nitrogens is 1. The Morgan fingerprint density at radius 1 is 1.44 bits per heavy atom. The van der Waals surface area contributed by atoms with Crippen LogP contribution in [0.3, 0.4) is 0 Å². The first kappa shape index (κ1) is 11.0. The molecule has 84 valence electrons. The van der Waals surface area contributed by atoms with Gasteiger partial charge in [-0.1, -0.05) is 23.9 Å². The van der Waals surface area contributed by atoms with E-state index in [-0.39, 0.29) is 5.17 Å². The molecular weight excluding hydrogens is 220 g/mol. The topological polar surface area (TPSA) is 78.6 Å². The van der Waals surface area contributed by atoms with E-state index >= 15 is 0 Å². The number of nitrogens with zero attached hydrogens (tertiary/aromatic N) is 1. The number of aromatic nitrogens is 2. The van der Waals surface area contributed by atoms with Gasteiger partial charge in [0.15, 0.2) is 5.17 Å². The van der Waals surface area contributed by atoms with Crippen LogP contribution in [0.15, 0.2) is 24.3 Å². The molecule has 4 nitrogen and oxygen atoms in total. The van der Waals surface area contributed by atoms with Gasteiger partial charge in [0.1, 0.15) is 5.82 Å². The summed E-state index contributed by atoms with van der Waals surface area (Å²) in [4.78, 5) is 7.76. The van der Waals surface area contributed by atoms with Gasteiger partial charge in [-0.2, -0.15) is 0 Å². The van der Waals surface area contributed by atoms with Crippen molar-refractivity contribution < 1.29 is 0 Å². The number of rotatable bonds is 4. The molecule has 1 aromatic heterocycles. The number of thioether (sulfide) groups is 1. The number of hydrogen-bond donors (Lipinski definition) is 3. The van der Waals surface area contributed by atoms with E-state index in [2.05, 4.69) is 9.97 Å². The molecule has 5 heteroatoms. The minimum atomic E-state index is 0.185. The quantitative estimate of drug-likeness (QED) is 0.431. The van der Waals surface area contributed by atoms with Crippen molar-refractivity contribution >= 4 is 28.0 Å². The predicted molar refractivity (Wildman–Crippen MR) is 68.8 cm³/mol. The Morgan fingerprint density at radius 2 is 2.25 bits per heavy atom. The van der Waals surface area contributed by atoms with Crippen LogP contribution in [0.5, 0.6) is 0 Å². The average molecular weight is 234 g/mol. The summed E-state index contributed by atoms with van der Waals surface area (Å²) in [5.74, 6) is 1.87. The Labute approximate surface area is 98.1 Å². The molecule has 0 saturated carbocycles. The van der Waals surface area contributed by atoms with Crippen molar-refractivity contribution in [3.05, 3.63) is 30.1 Å². The largest absolute Gasteiger partial charge is 0.379 e. The fraction of sp³-hybridized carbons (Fsp3) is 0.273. The molecule has 0 amide bonds. The lowest BCUT2D eigenvalue weighted by Crippen LogP contribution is -2.04. The van der Waals surface area contributed by atoms with Gasteiger partial charge >= 0.3 is 0 Å². The molecule has 0 atom stereocenters. The number of imidazole rings is 1. The zero-order valence-electron chi connectivity index (χ0n) is 8.86. The molecule has 0 unspecified atom stereocenters. The summed E-state index contributed by atoms with van der Waals surface area (Å²) in [6, 6.07) is 8.00. The van der Waals surface area contributed by atoms with E-state index < -0.39 is 0 Å². The third-order valence-corrected chi connectivity index (χ3v) is 3.06. The van der Waals surface area contributed by atoms with Crippen LogP contribution < -0.4 is 5.73 Å². The number of para-hydroxylation sites is 2. The summed E-state index contributed by atoms with van der Waals surface area (Å²) in [5.41, 5.74) is 7.35. The molecule has 0 bridgehead atoms. The lowest BCUT2D eigenvalue weighted by Gasteiger charge is -1.96. The predicted octanol–water partition coefficient (Wildman–Crippen LogP) is 2.12. The molecule has 0 fully saturated rings. The Balaban J connectivity index is 1.92. The minimum absolute atomic E-state index is 0.185. The highest BCUT2D eigenvalue weighted by molar-refractivity contribution is 8.13. The summed E-state index contributed by atoms with van der Waals surface area (Å²) >= 11 is 1.38. The Kier molecular flexibility index (Phi) is 3.46. The van der Waals surface area contributed by atoms with Gasteiger partial charge < -0.3 is 10.7 Å². The summed E-state index contributed by atoms with van der Waals surface area (Å²) in [6.07, 6.45) is 1.87. The molecule has 0 aliphatic heterocycles. The van der Waals surface area contributed by atoms with Gasteiger partial charge in [-0.3, -0.25) is 5.41 Å². The van der Waals surface area contributed by atoms with Crippen LogP contribution in [-0.2, 0) is 6.42 Å². The Hall–Kier alpha value is -1.49. The van der Waals surface area contributed by atoms with E-state index in [4.69, 9.17) is 11.1 Å². The van der Waals surface area contributed by atoms with E-state index in [9.17, 15) is 0 Å². The summed E-state index contributed by atoms with van der Waals surface area (Å²) in [6.45, 7) is 0. The van der Waals surface area contributed by atoms with Crippen LogP contribution in [0, 0.1) is 5.41 Å². The molecule has 16 heavy (non-hydrogen) atoms. The van der Waals surface area contributed by atoms with Crippen LogP contribution in [0.1, 0.15) is 12.2 Å². The fourth-order valence-corrected chi connectivity index (χ4v) is 2.05. The van der Waals surface area contributed by atoms with Crippen LogP contribution in [0.25, 0.3) is 11.0 Å². The summed E-state index contributed by atoms with van der Waals surface area (Å²) in [5, 5.41) is 7.27. The zero-order chi connectivity index (χ0) is 11.4. The monoisotopic (exact) mass is 234 g/mol. The van der Waals surface area contributed by atoms with Gasteiger partial charge in [0.2, 0.25) is 0 Å². The highest BCUT2D eigenvalue weighted by Crippen LogP contribution is 2.12. The van der Waals surface area contributed by atoms with E-state index in [1.807, 2.05) is 24.3 Å². The van der Waals surface area contributed by atoms with Gasteiger partial charge in [-0.15, -0.1) is 0 Å². The van der Waals surface area contributed by atoms with Gasteiger partial charge in [-0.05, 0) is 18.6 Å². The van der Waals surface area contributed by atoms with Crippen molar-refractivity contribution in [2.24, 2.45) is 5.73 Å². The van der Waals surface area contributed by atoms with E-state index in [0.717, 1.165) is 35.5 Å². The van der Waals surface area contributed by atoms with Crippen LogP contribution in [-0.4, -0.2) is 20.9 Å². The highest BCUT2D eigenvalue weighted by Gasteiger charge is 2.01. The molecule has 0 aliphatic rings. The average Bonchev–Trinajstić information content (AvgIpc) is 2.66. The second-order valence-corrected chi connectivity index (χ2v) is 4.65. The van der Waals surface area contributed by atoms with Crippen molar-refractivity contribution in [1.29, 1.82) is 5.41 Å². The molecule has 2 rings (SSSR count). The van der Waals surface area contributed by atoms with Gasteiger partial charge in [-0.25, -0.2) is 4.98 Å². The number of aromatic amines is 1. The lowest BCUT2D eigenvalue weighted by atomic mass is 10.3. The molecule has 4 N–H and O–H groups in total. The van der Waals surface area contributed by atoms with E-state index in [0.29, 0.717) is 0 Å². The SMILES string of the molecule is N=C(N)SCCCc1nc2ccccc2[nH]1. The maximum atomic E-state index is 7.08. The summed E-state index contributed by atoms with van der Waals surface area (Å²) in [7, 11) is 0. The Morgan fingerprint density at radius 3 is 3.00 bits per heavy atom. The zero-order valence-corrected chi connectivity index (χ0v) is 9.68. The second kappa shape index (κ2) is 5.03. The fourth-order valence-electron chi connectivity index (χ4n) is 1.55. The third-order valence-electron chi connectivity index (χ3n) is 2.25. The normalized spacial score (nSPS) is 10.8. The molecule has 0 aliphatic carbocycles. The number of amidine groups is 1. The van der Waals surface area contributed by atoms with Gasteiger partial charge in [0.05, 0.1) is 11.0 Å². The molecule has 2 aromatic rings. The maximum Gasteiger partial charge on any atom is 0.151 e.